The number of carbonyl (C=O) groups is 1. The lowest BCUT2D eigenvalue weighted by Gasteiger charge is -2.14. The predicted molar refractivity (Wildman–Crippen MR) is 102 cm³/mol. The Labute approximate surface area is 159 Å². The topological polar surface area (TPSA) is 80.6 Å². The fourth-order valence-electron chi connectivity index (χ4n) is 2.43. The van der Waals surface area contributed by atoms with Crippen molar-refractivity contribution >= 4 is 5.91 Å². The fraction of sp³-hybridized carbons (Fsp3) is 0.333. The van der Waals surface area contributed by atoms with E-state index < -0.39 is 0 Å². The lowest BCUT2D eigenvalue weighted by molar-refractivity contribution is -0.123. The molecule has 0 bridgehead atoms. The molecule has 0 fully saturated rings. The zero-order chi connectivity index (χ0) is 19.5. The molecule has 1 atom stereocenters. The zero-order valence-corrected chi connectivity index (χ0v) is 15.6. The number of amides is 1. The summed E-state index contributed by atoms with van der Waals surface area (Å²) in [5.74, 6) is 0.620. The van der Waals surface area contributed by atoms with Crippen molar-refractivity contribution in [3.63, 3.8) is 0 Å². The van der Waals surface area contributed by atoms with Crippen LogP contribution < -0.4 is 14.8 Å². The summed E-state index contributed by atoms with van der Waals surface area (Å²) in [5, 5.41) is 11.7. The number of hydrogen-bond acceptors (Lipinski definition) is 5. The van der Waals surface area contributed by atoms with Gasteiger partial charge in [-0.1, -0.05) is 30.3 Å². The van der Waals surface area contributed by atoms with Crippen molar-refractivity contribution in [1.29, 1.82) is 5.26 Å². The van der Waals surface area contributed by atoms with E-state index >= 15 is 0 Å². The summed E-state index contributed by atoms with van der Waals surface area (Å²) < 4.78 is 16.4. The number of ether oxygens (including phenoxy) is 3. The predicted octanol–water partition coefficient (Wildman–Crippen LogP) is 3.23. The van der Waals surface area contributed by atoms with Crippen molar-refractivity contribution in [2.45, 2.75) is 19.4 Å². The maximum absolute atomic E-state index is 11.9. The first-order valence-electron chi connectivity index (χ1n) is 8.78. The minimum absolute atomic E-state index is 0.0223. The van der Waals surface area contributed by atoms with E-state index in [9.17, 15) is 4.79 Å². The fourth-order valence-corrected chi connectivity index (χ4v) is 2.43. The normalized spacial score (nSPS) is 11.3. The number of methoxy groups -OCH3 is 1. The van der Waals surface area contributed by atoms with Crippen LogP contribution in [0.4, 0.5) is 0 Å². The molecule has 0 spiro atoms. The van der Waals surface area contributed by atoms with Gasteiger partial charge in [0.1, 0.15) is 0 Å². The van der Waals surface area contributed by atoms with Gasteiger partial charge in [0.15, 0.2) is 18.1 Å². The summed E-state index contributed by atoms with van der Waals surface area (Å²) in [6, 6.07) is 16.8. The number of nitrogens with zero attached hydrogens (tertiary/aromatic N) is 1. The van der Waals surface area contributed by atoms with E-state index in [1.54, 1.807) is 18.2 Å². The Morgan fingerprint density at radius 2 is 1.96 bits per heavy atom. The van der Waals surface area contributed by atoms with Gasteiger partial charge in [0, 0.05) is 19.2 Å². The van der Waals surface area contributed by atoms with Gasteiger partial charge in [0.05, 0.1) is 24.8 Å². The molecule has 2 rings (SSSR count). The third-order valence-corrected chi connectivity index (χ3v) is 3.93. The largest absolute Gasteiger partial charge is 0.493 e. The first-order chi connectivity index (χ1) is 13.1. The van der Waals surface area contributed by atoms with Crippen LogP contribution in [0.25, 0.3) is 0 Å². The second-order valence-corrected chi connectivity index (χ2v) is 5.89. The van der Waals surface area contributed by atoms with E-state index in [1.807, 2.05) is 43.3 Å². The lowest BCUT2D eigenvalue weighted by Crippen LogP contribution is -2.30. The molecule has 0 radical (unpaired) electrons. The average molecular weight is 368 g/mol. The summed E-state index contributed by atoms with van der Waals surface area (Å²) in [6.07, 6.45) is 0.734. The maximum atomic E-state index is 11.9. The summed E-state index contributed by atoms with van der Waals surface area (Å²) in [4.78, 5) is 11.9. The van der Waals surface area contributed by atoms with Gasteiger partial charge in [-0.2, -0.15) is 5.26 Å². The number of nitriles is 1. The Balaban J connectivity index is 1.65. The molecule has 6 nitrogen and oxygen atoms in total. The van der Waals surface area contributed by atoms with Gasteiger partial charge in [0.2, 0.25) is 0 Å². The molecule has 0 heterocycles. The maximum Gasteiger partial charge on any atom is 0.257 e. The molecular weight excluding hydrogens is 344 g/mol. The van der Waals surface area contributed by atoms with Crippen molar-refractivity contribution in [2.24, 2.45) is 0 Å². The van der Waals surface area contributed by atoms with E-state index in [4.69, 9.17) is 19.5 Å². The summed E-state index contributed by atoms with van der Waals surface area (Å²) in [6.45, 7) is 2.95. The van der Waals surface area contributed by atoms with Crippen molar-refractivity contribution < 1.29 is 19.0 Å². The third-order valence-electron chi connectivity index (χ3n) is 3.93. The first-order valence-corrected chi connectivity index (χ1v) is 8.78. The monoisotopic (exact) mass is 368 g/mol. The van der Waals surface area contributed by atoms with E-state index in [2.05, 4.69) is 5.32 Å². The first kappa shape index (κ1) is 20.3. The van der Waals surface area contributed by atoms with Crippen molar-refractivity contribution in [2.75, 3.05) is 26.9 Å². The number of benzene rings is 2. The third kappa shape index (κ3) is 6.65. The lowest BCUT2D eigenvalue weighted by atomic mass is 10.1. The van der Waals surface area contributed by atoms with E-state index in [1.165, 1.54) is 7.11 Å². The molecule has 1 N–H and O–H groups in total. The highest BCUT2D eigenvalue weighted by atomic mass is 16.5. The summed E-state index contributed by atoms with van der Waals surface area (Å²) in [7, 11) is 1.49. The highest BCUT2D eigenvalue weighted by Gasteiger charge is 2.09. The highest BCUT2D eigenvalue weighted by molar-refractivity contribution is 5.77. The standard InChI is InChI=1S/C21H24N2O4/c1-16(18-7-4-3-5-8-18)26-12-6-11-23-21(24)15-27-19-10-9-17(14-22)13-20(19)25-2/h3-5,7-10,13,16H,6,11-12,15H2,1-2H3,(H,23,24). The van der Waals surface area contributed by atoms with Crippen LogP contribution in [0, 0.1) is 11.3 Å². The number of hydrogen-bond donors (Lipinski definition) is 1. The molecule has 27 heavy (non-hydrogen) atoms. The molecule has 2 aromatic rings. The minimum atomic E-state index is -0.225. The van der Waals surface area contributed by atoms with Gasteiger partial charge < -0.3 is 19.5 Å². The van der Waals surface area contributed by atoms with Gasteiger partial charge in [-0.05, 0) is 31.0 Å². The van der Waals surface area contributed by atoms with Crippen LogP contribution >= 0.6 is 0 Å². The molecule has 6 heteroatoms. The molecule has 2 aromatic carbocycles. The molecule has 0 aromatic heterocycles. The number of nitrogens with one attached hydrogen (secondary N) is 1. The second-order valence-electron chi connectivity index (χ2n) is 5.89. The zero-order valence-electron chi connectivity index (χ0n) is 15.6. The van der Waals surface area contributed by atoms with Crippen molar-refractivity contribution in [3.05, 3.63) is 59.7 Å². The van der Waals surface area contributed by atoms with Crippen LogP contribution in [0.1, 0.15) is 30.6 Å². The van der Waals surface area contributed by atoms with Gasteiger partial charge in [0.25, 0.3) is 5.91 Å². The van der Waals surface area contributed by atoms with E-state index in [0.29, 0.717) is 36.6 Å². The van der Waals surface area contributed by atoms with Gasteiger partial charge >= 0.3 is 0 Å². The molecule has 142 valence electrons. The van der Waals surface area contributed by atoms with Crippen LogP contribution in [0.2, 0.25) is 0 Å². The Bertz CT molecular complexity index is 771. The molecular formula is C21H24N2O4. The average Bonchev–Trinajstić information content (AvgIpc) is 2.72. The summed E-state index contributed by atoms with van der Waals surface area (Å²) >= 11 is 0. The highest BCUT2D eigenvalue weighted by Crippen LogP contribution is 2.27. The quantitative estimate of drug-likeness (QED) is 0.651. The molecule has 0 saturated heterocycles. The summed E-state index contributed by atoms with van der Waals surface area (Å²) in [5.41, 5.74) is 1.60. The molecule has 1 unspecified atom stereocenters. The number of carbonyl (C=O) groups excluding carboxylic acids is 1. The Hall–Kier alpha value is -3.04. The van der Waals surface area contributed by atoms with Crippen LogP contribution in [-0.4, -0.2) is 32.8 Å². The minimum Gasteiger partial charge on any atom is -0.493 e. The smallest absolute Gasteiger partial charge is 0.257 e. The van der Waals surface area contributed by atoms with Gasteiger partial charge in [-0.3, -0.25) is 4.79 Å². The Kier molecular flexibility index (Phi) is 8.14. The SMILES string of the molecule is COc1cc(C#N)ccc1OCC(=O)NCCCOC(C)c1ccccc1. The second kappa shape index (κ2) is 10.8. The molecule has 0 aliphatic heterocycles. The molecule has 0 aliphatic carbocycles. The van der Waals surface area contributed by atoms with Crippen LogP contribution in [-0.2, 0) is 9.53 Å². The molecule has 1 amide bonds. The van der Waals surface area contributed by atoms with E-state index in [0.717, 1.165) is 5.56 Å². The van der Waals surface area contributed by atoms with Crippen LogP contribution in [0.3, 0.4) is 0 Å². The van der Waals surface area contributed by atoms with Crippen molar-refractivity contribution in [3.8, 4) is 17.6 Å². The number of rotatable bonds is 10. The molecule has 0 saturated carbocycles. The molecule has 0 aliphatic rings. The van der Waals surface area contributed by atoms with E-state index in [-0.39, 0.29) is 18.6 Å². The van der Waals surface area contributed by atoms with Crippen LogP contribution in [0.5, 0.6) is 11.5 Å². The van der Waals surface area contributed by atoms with Gasteiger partial charge in [-0.25, -0.2) is 0 Å². The Morgan fingerprint density at radius 1 is 1.19 bits per heavy atom. The van der Waals surface area contributed by atoms with Crippen molar-refractivity contribution in [1.82, 2.24) is 5.32 Å². The van der Waals surface area contributed by atoms with Crippen LogP contribution in [0.15, 0.2) is 48.5 Å². The van der Waals surface area contributed by atoms with Gasteiger partial charge in [-0.15, -0.1) is 0 Å². The Morgan fingerprint density at radius 3 is 2.67 bits per heavy atom.